The van der Waals surface area contributed by atoms with Crippen LogP contribution in [0.5, 0.6) is 0 Å². The van der Waals surface area contributed by atoms with E-state index in [2.05, 4.69) is 0 Å². The summed E-state index contributed by atoms with van der Waals surface area (Å²) in [6.07, 6.45) is 0. The van der Waals surface area contributed by atoms with Gasteiger partial charge in [-0.3, -0.25) is 19.2 Å². The molecule has 1 saturated heterocycles. The maximum absolute atomic E-state index is 13.6. The van der Waals surface area contributed by atoms with Crippen molar-refractivity contribution < 1.29 is 23.6 Å². The quantitative estimate of drug-likeness (QED) is 0.457. The van der Waals surface area contributed by atoms with E-state index < -0.39 is 29.3 Å². The van der Waals surface area contributed by atoms with Crippen LogP contribution in [0.15, 0.2) is 24.3 Å². The summed E-state index contributed by atoms with van der Waals surface area (Å²) in [7, 11) is 2.70. The standard InChI is InChI=1S/C14H15FN2O4/c1-16-8-10(12(18)14(16)20)13(19)17(21-2)7-9-5-3-4-6-11(9)15/h3-6,10H,7-8H2,1-2H3. The van der Waals surface area contributed by atoms with Gasteiger partial charge >= 0.3 is 0 Å². The number of hydroxylamine groups is 2. The van der Waals surface area contributed by atoms with Crippen LogP contribution in [0.2, 0.25) is 0 Å². The summed E-state index contributed by atoms with van der Waals surface area (Å²) in [6.45, 7) is -0.128. The highest BCUT2D eigenvalue weighted by molar-refractivity contribution is 6.42. The predicted molar refractivity (Wildman–Crippen MR) is 70.1 cm³/mol. The molecule has 1 aromatic rings. The summed E-state index contributed by atoms with van der Waals surface area (Å²) >= 11 is 0. The Morgan fingerprint density at radius 2 is 2.10 bits per heavy atom. The van der Waals surface area contributed by atoms with E-state index in [1.807, 2.05) is 0 Å². The van der Waals surface area contributed by atoms with Crippen LogP contribution in [0.4, 0.5) is 4.39 Å². The Balaban J connectivity index is 2.15. The van der Waals surface area contributed by atoms with Crippen molar-refractivity contribution in [1.82, 2.24) is 9.96 Å². The zero-order valence-electron chi connectivity index (χ0n) is 11.7. The minimum absolute atomic E-state index is 0.00757. The molecule has 0 radical (unpaired) electrons. The fraction of sp³-hybridized carbons (Fsp3) is 0.357. The Kier molecular flexibility index (Phi) is 4.32. The Hall–Kier alpha value is -2.28. The number of nitrogens with zero attached hydrogens (tertiary/aromatic N) is 2. The molecule has 0 N–H and O–H groups in total. The predicted octanol–water partition coefficient (Wildman–Crippen LogP) is 0.373. The lowest BCUT2D eigenvalue weighted by Gasteiger charge is -2.22. The first kappa shape index (κ1) is 15.1. The summed E-state index contributed by atoms with van der Waals surface area (Å²) in [5.41, 5.74) is 0.262. The lowest BCUT2D eigenvalue weighted by Crippen LogP contribution is -2.38. The van der Waals surface area contributed by atoms with Crippen LogP contribution in [0.3, 0.4) is 0 Å². The van der Waals surface area contributed by atoms with Gasteiger partial charge in [0.25, 0.3) is 11.8 Å². The molecule has 1 heterocycles. The third kappa shape index (κ3) is 2.92. The highest BCUT2D eigenvalue weighted by atomic mass is 19.1. The van der Waals surface area contributed by atoms with Crippen molar-refractivity contribution in [3.05, 3.63) is 35.6 Å². The molecule has 0 saturated carbocycles. The van der Waals surface area contributed by atoms with Gasteiger partial charge in [0.05, 0.1) is 13.7 Å². The molecule has 1 aromatic carbocycles. The number of likely N-dealkylation sites (tertiary alicyclic amines) is 1. The van der Waals surface area contributed by atoms with Gasteiger partial charge in [-0.25, -0.2) is 9.45 Å². The van der Waals surface area contributed by atoms with E-state index in [0.29, 0.717) is 0 Å². The number of rotatable bonds is 4. The molecule has 6 nitrogen and oxygen atoms in total. The van der Waals surface area contributed by atoms with Gasteiger partial charge in [-0.05, 0) is 6.07 Å². The molecule has 0 aromatic heterocycles. The van der Waals surface area contributed by atoms with Gasteiger partial charge in [0.2, 0.25) is 5.78 Å². The maximum atomic E-state index is 13.6. The van der Waals surface area contributed by atoms with Gasteiger partial charge in [-0.2, -0.15) is 0 Å². The van der Waals surface area contributed by atoms with Crippen molar-refractivity contribution in [2.75, 3.05) is 20.7 Å². The summed E-state index contributed by atoms with van der Waals surface area (Å²) in [6, 6.07) is 5.95. The average molecular weight is 294 g/mol. The van der Waals surface area contributed by atoms with Crippen molar-refractivity contribution in [2.45, 2.75) is 6.54 Å². The van der Waals surface area contributed by atoms with Gasteiger partial charge in [-0.15, -0.1) is 0 Å². The number of Topliss-reactive ketones (excluding diaryl/α,β-unsaturated/α-hetero) is 1. The molecular formula is C14H15FN2O4. The smallest absolute Gasteiger partial charge is 0.290 e. The summed E-state index contributed by atoms with van der Waals surface area (Å²) < 4.78 is 13.6. The summed E-state index contributed by atoms with van der Waals surface area (Å²) in [5.74, 6) is -3.69. The fourth-order valence-electron chi connectivity index (χ4n) is 2.15. The van der Waals surface area contributed by atoms with Crippen LogP contribution in [-0.2, 0) is 25.8 Å². The van der Waals surface area contributed by atoms with Gasteiger partial charge in [0.15, 0.2) is 0 Å². The van der Waals surface area contributed by atoms with Crippen molar-refractivity contribution in [3.8, 4) is 0 Å². The average Bonchev–Trinajstić information content (AvgIpc) is 2.73. The highest BCUT2D eigenvalue weighted by Gasteiger charge is 2.43. The number of amides is 2. The minimum atomic E-state index is -1.10. The second-order valence-electron chi connectivity index (χ2n) is 4.75. The van der Waals surface area contributed by atoms with E-state index >= 15 is 0 Å². The molecule has 112 valence electrons. The van der Waals surface area contributed by atoms with Gasteiger partial charge in [0.1, 0.15) is 11.7 Å². The molecule has 0 bridgehead atoms. The molecule has 7 heteroatoms. The van der Waals surface area contributed by atoms with Crippen molar-refractivity contribution in [3.63, 3.8) is 0 Å². The molecule has 0 aliphatic carbocycles. The van der Waals surface area contributed by atoms with E-state index in [4.69, 9.17) is 4.84 Å². The van der Waals surface area contributed by atoms with Crippen LogP contribution in [0.25, 0.3) is 0 Å². The molecule has 1 unspecified atom stereocenters. The van der Waals surface area contributed by atoms with Gasteiger partial charge in [-0.1, -0.05) is 18.2 Å². The van der Waals surface area contributed by atoms with Crippen molar-refractivity contribution >= 4 is 17.6 Å². The Morgan fingerprint density at radius 3 is 2.62 bits per heavy atom. The molecule has 0 spiro atoms. The monoisotopic (exact) mass is 294 g/mol. The van der Waals surface area contributed by atoms with Crippen LogP contribution >= 0.6 is 0 Å². The molecule has 1 aliphatic heterocycles. The molecule has 1 atom stereocenters. The molecule has 21 heavy (non-hydrogen) atoms. The van der Waals surface area contributed by atoms with Crippen LogP contribution in [0.1, 0.15) is 5.56 Å². The molecule has 1 fully saturated rings. The second kappa shape index (κ2) is 6.01. The maximum Gasteiger partial charge on any atom is 0.290 e. The molecule has 2 rings (SSSR count). The van der Waals surface area contributed by atoms with E-state index in [0.717, 1.165) is 5.06 Å². The van der Waals surface area contributed by atoms with Crippen molar-refractivity contribution in [2.24, 2.45) is 5.92 Å². The normalized spacial score (nSPS) is 18.2. The first-order valence-corrected chi connectivity index (χ1v) is 6.34. The van der Waals surface area contributed by atoms with Crippen LogP contribution in [0, 0.1) is 11.7 Å². The van der Waals surface area contributed by atoms with Crippen LogP contribution < -0.4 is 0 Å². The number of likely N-dealkylation sites (N-methyl/N-ethyl adjacent to an activating group) is 1. The lowest BCUT2D eigenvalue weighted by molar-refractivity contribution is -0.184. The summed E-state index contributed by atoms with van der Waals surface area (Å²) in [4.78, 5) is 41.6. The number of ketones is 1. The SMILES string of the molecule is CON(Cc1ccccc1F)C(=O)C1CN(C)C(=O)C1=O. The summed E-state index contributed by atoms with van der Waals surface area (Å²) in [5, 5.41) is 0.896. The zero-order valence-corrected chi connectivity index (χ0v) is 11.7. The van der Waals surface area contributed by atoms with Crippen molar-refractivity contribution in [1.29, 1.82) is 0 Å². The van der Waals surface area contributed by atoms with Gasteiger partial charge < -0.3 is 4.90 Å². The van der Waals surface area contributed by atoms with E-state index in [1.54, 1.807) is 6.07 Å². The van der Waals surface area contributed by atoms with E-state index in [-0.39, 0.29) is 18.7 Å². The molecule has 2 amide bonds. The van der Waals surface area contributed by atoms with Gasteiger partial charge in [0, 0.05) is 19.2 Å². The van der Waals surface area contributed by atoms with E-state index in [1.165, 1.54) is 37.3 Å². The topological polar surface area (TPSA) is 66.9 Å². The highest BCUT2D eigenvalue weighted by Crippen LogP contribution is 2.18. The zero-order chi connectivity index (χ0) is 15.6. The number of carbonyl (C=O) groups excluding carboxylic acids is 3. The van der Waals surface area contributed by atoms with Crippen LogP contribution in [-0.4, -0.2) is 48.3 Å². The molecule has 1 aliphatic rings. The number of hydrogen-bond acceptors (Lipinski definition) is 4. The third-order valence-corrected chi connectivity index (χ3v) is 3.37. The largest absolute Gasteiger partial charge is 0.338 e. The number of benzene rings is 1. The first-order chi connectivity index (χ1) is 9.95. The molecular weight excluding hydrogens is 279 g/mol. The minimum Gasteiger partial charge on any atom is -0.338 e. The van der Waals surface area contributed by atoms with E-state index in [9.17, 15) is 18.8 Å². The first-order valence-electron chi connectivity index (χ1n) is 6.34. The number of halogens is 1. The number of carbonyl (C=O) groups is 3. The Morgan fingerprint density at radius 1 is 1.43 bits per heavy atom. The fourth-order valence-corrected chi connectivity index (χ4v) is 2.15. The Bertz CT molecular complexity index is 590. The third-order valence-electron chi connectivity index (χ3n) is 3.37. The number of hydrogen-bond donors (Lipinski definition) is 0. The lowest BCUT2D eigenvalue weighted by atomic mass is 10.1. The Labute approximate surface area is 121 Å². The second-order valence-corrected chi connectivity index (χ2v) is 4.75.